The molecule has 26 heteroatoms. The van der Waals surface area contributed by atoms with Crippen LogP contribution in [0.3, 0.4) is 0 Å². The first kappa shape index (κ1) is 61.2. The molecule has 7 aromatic heterocycles. The molecule has 3 fully saturated rings. The first-order chi connectivity index (χ1) is 43.4. The lowest BCUT2D eigenvalue weighted by atomic mass is 9.93. The Morgan fingerprint density at radius 3 is 1.40 bits per heavy atom. The van der Waals surface area contributed by atoms with Crippen LogP contribution >= 0.6 is 0 Å². The Morgan fingerprint density at radius 1 is 0.544 bits per heavy atom. The second kappa shape index (κ2) is 25.1. The number of allylic oxidation sites excluding steroid dienone is 2. The quantitative estimate of drug-likeness (QED) is 0.0603. The van der Waals surface area contributed by atoms with Crippen molar-refractivity contribution in [3.63, 3.8) is 0 Å². The predicted molar refractivity (Wildman–Crippen MR) is 332 cm³/mol. The van der Waals surface area contributed by atoms with E-state index in [1.54, 1.807) is 98.6 Å². The largest absolute Gasteiger partial charge is 0.463 e. The molecule has 0 amide bonds. The molecule has 24 nitrogen and oxygen atoms in total. The van der Waals surface area contributed by atoms with Crippen molar-refractivity contribution in [2.45, 2.75) is 147 Å². The Hall–Kier alpha value is -9.04. The molecule has 0 bridgehead atoms. The van der Waals surface area contributed by atoms with Gasteiger partial charge in [-0.25, -0.2) is 14.6 Å². The molecule has 0 spiro atoms. The third kappa shape index (κ3) is 11.4. The summed E-state index contributed by atoms with van der Waals surface area (Å²) in [4.78, 5) is 52.7. The molecule has 5 aliphatic rings. The Balaban J connectivity index is 0.000000133. The number of rotatable bonds is 14. The molecule has 1 N–H and O–H groups in total. The second-order valence-corrected chi connectivity index (χ2v) is 27.1. The minimum absolute atomic E-state index is 0.00763. The third-order valence-electron chi connectivity index (χ3n) is 18.0. The highest BCUT2D eigenvalue weighted by Gasteiger charge is 2.43. The second-order valence-electron chi connectivity index (χ2n) is 23.5. The zero-order valence-electron chi connectivity index (χ0n) is 51.2. The highest BCUT2D eigenvalue weighted by molar-refractivity contribution is 7.86. The first-order valence-electron chi connectivity index (χ1n) is 30.7. The summed E-state index contributed by atoms with van der Waals surface area (Å²) in [6.07, 6.45) is 21.1. The van der Waals surface area contributed by atoms with E-state index in [2.05, 4.69) is 75.7 Å². The van der Waals surface area contributed by atoms with Crippen molar-refractivity contribution in [1.82, 2.24) is 63.7 Å². The summed E-state index contributed by atoms with van der Waals surface area (Å²) >= 11 is 0. The Kier molecular flexibility index (Phi) is 17.1. The molecule has 2 aliphatic heterocycles. The van der Waals surface area contributed by atoms with Gasteiger partial charge in [0.25, 0.3) is 0 Å². The van der Waals surface area contributed by atoms with E-state index in [1.165, 1.54) is 7.96 Å². The van der Waals surface area contributed by atoms with Gasteiger partial charge in [-0.15, -0.1) is 38.6 Å². The van der Waals surface area contributed by atoms with Gasteiger partial charge in [0.2, 0.25) is 11.3 Å². The van der Waals surface area contributed by atoms with E-state index in [-0.39, 0.29) is 51.2 Å². The number of aromatic amines is 1. The fourth-order valence-electron chi connectivity index (χ4n) is 13.4. The molecule has 6 unspecified atom stereocenters. The first-order valence-corrected chi connectivity index (χ1v) is 33.6. The average Bonchev–Trinajstić information content (AvgIpc) is 1.60. The van der Waals surface area contributed by atoms with Gasteiger partial charge in [-0.05, 0) is 111 Å². The molecule has 90 heavy (non-hydrogen) atoms. The van der Waals surface area contributed by atoms with Gasteiger partial charge in [-0.2, -0.15) is 16.8 Å². The van der Waals surface area contributed by atoms with E-state index in [0.29, 0.717) is 80.1 Å². The van der Waals surface area contributed by atoms with E-state index >= 15 is 0 Å². The standard InChI is InChI=1S/C25H28N5O4S.C21H22N5O3S.C18H21N5O2/c1-4-18-12-17(14-23(31)34-5-2)13-20(18)24-28-27-22-15-26-25-21(30(22)24)10-11-29(25)35(32,33)19-8-6-16(3)7-9-19;1-3-14-10-15(27)11-17(14)20-24-23-19-12-22-21-18(26(19)20)8-9-25(21)30(28,29)16-6-4-13(2)5-7-16;1-3-12-7-11(9-16(24)25-4-2)8-13(12)18-22-21-15-10-20-17-14(23(15)18)5-6-19-17/h6-9,11,14-15,18,20H,4-5,10,12-13H2,1-3H3;4-7,9,12,14,17H,3,8,10-11H2,1-2H3;5-6,9-10,12-13,19H,3-4,7-8H2,1-2H3/q2*+1;. The smallest absolute Gasteiger partial charge is 0.358 e. The average molecular weight is 1260 g/mol. The number of carbonyl (C=O) groups is 3. The number of esters is 2. The van der Waals surface area contributed by atoms with Gasteiger partial charge in [0.1, 0.15) is 44.4 Å². The van der Waals surface area contributed by atoms with Gasteiger partial charge in [0.05, 0.1) is 50.2 Å². The van der Waals surface area contributed by atoms with Crippen LogP contribution < -0.4 is 0 Å². The van der Waals surface area contributed by atoms with E-state index in [9.17, 15) is 31.2 Å². The summed E-state index contributed by atoms with van der Waals surface area (Å²) < 4.78 is 71.8. The van der Waals surface area contributed by atoms with Crippen LogP contribution in [0.5, 0.6) is 0 Å². The van der Waals surface area contributed by atoms with Crippen molar-refractivity contribution < 1.29 is 48.7 Å². The van der Waals surface area contributed by atoms with E-state index in [4.69, 9.17) is 9.47 Å². The maximum absolute atomic E-state index is 13.4. The van der Waals surface area contributed by atoms with Gasteiger partial charge in [-0.1, -0.05) is 86.6 Å². The number of Topliss-reactive ketones (excluding diaryl/α,β-unsaturated/α-hetero) is 1. The molecular formula is C64H71N15O9S2+2. The van der Waals surface area contributed by atoms with Crippen LogP contribution in [0.2, 0.25) is 0 Å². The SMILES string of the molecule is CCC1CC(=O)CC1c1nnc2cnc3c(n12)CC=[N+]3S(=O)(=O)c1ccc(C)cc1.CCOC(=O)C=C1CC(CC)C(c2nnc3cnc4[nH]ccc4n23)C1.CCOC(=O)C=C1CC(CC)C(c2nnc3cnc4c(n23)CC=[N+]4S(=O)(=O)c2ccc(C)cc2)C1. The highest BCUT2D eigenvalue weighted by atomic mass is 32.2. The molecule has 466 valence electrons. The predicted octanol–water partition coefficient (Wildman–Crippen LogP) is 9.05. The number of carbonyl (C=O) groups excluding carboxylic acids is 3. The molecule has 2 aromatic carbocycles. The lowest BCUT2D eigenvalue weighted by Crippen LogP contribution is -2.17. The minimum Gasteiger partial charge on any atom is -0.463 e. The number of ketones is 1. The number of aryl methyl sites for hydroxylation is 2. The van der Waals surface area contributed by atoms with Gasteiger partial charge in [0.15, 0.2) is 23.7 Å². The molecule has 3 aliphatic carbocycles. The summed E-state index contributed by atoms with van der Waals surface area (Å²) in [6, 6.07) is 15.6. The number of nitrogens with zero attached hydrogens (tertiary/aromatic N) is 14. The fraction of sp³-hybridized carbons (Fsp3) is 0.406. The van der Waals surface area contributed by atoms with Gasteiger partial charge >= 0.3 is 43.6 Å². The molecule has 0 saturated heterocycles. The van der Waals surface area contributed by atoms with Crippen molar-refractivity contribution in [3.05, 3.63) is 143 Å². The van der Waals surface area contributed by atoms with Gasteiger partial charge in [0, 0.05) is 48.9 Å². The van der Waals surface area contributed by atoms with Crippen LogP contribution in [0.25, 0.3) is 28.1 Å². The van der Waals surface area contributed by atoms with Crippen molar-refractivity contribution >= 4 is 89.9 Å². The van der Waals surface area contributed by atoms with Crippen molar-refractivity contribution in [2.24, 2.45) is 17.8 Å². The number of H-pyrrole nitrogens is 1. The number of fused-ring (bicyclic) bond motifs is 9. The number of sulfonamides is 2. The molecular weight excluding hydrogens is 1190 g/mol. The molecule has 9 heterocycles. The molecule has 0 radical (unpaired) electrons. The van der Waals surface area contributed by atoms with E-state index in [1.807, 2.05) is 41.8 Å². The van der Waals surface area contributed by atoms with E-state index in [0.717, 1.165) is 106 Å². The summed E-state index contributed by atoms with van der Waals surface area (Å²) in [5.74, 6) is 4.10. The van der Waals surface area contributed by atoms with Crippen molar-refractivity contribution in [2.75, 3.05) is 13.2 Å². The molecule has 9 aromatic rings. The monoisotopic (exact) mass is 1260 g/mol. The van der Waals surface area contributed by atoms with Crippen LogP contribution in [0.1, 0.15) is 150 Å². The van der Waals surface area contributed by atoms with Crippen LogP contribution in [-0.4, -0.2) is 132 Å². The van der Waals surface area contributed by atoms with Crippen molar-refractivity contribution in [1.29, 1.82) is 0 Å². The Bertz CT molecular complexity index is 4660. The summed E-state index contributed by atoms with van der Waals surface area (Å²) in [5.41, 5.74) is 9.34. The van der Waals surface area contributed by atoms with Crippen molar-refractivity contribution in [3.8, 4) is 0 Å². The maximum Gasteiger partial charge on any atom is 0.358 e. The van der Waals surface area contributed by atoms with Crippen LogP contribution in [0, 0.1) is 31.6 Å². The number of hydrogen-bond acceptors (Lipinski definition) is 18. The lowest BCUT2D eigenvalue weighted by Gasteiger charge is -2.16. The molecule has 3 saturated carbocycles. The highest BCUT2D eigenvalue weighted by Crippen LogP contribution is 2.46. The fourth-order valence-corrected chi connectivity index (χ4v) is 16.2. The number of aromatic nitrogens is 13. The summed E-state index contributed by atoms with van der Waals surface area (Å²) in [7, 11) is -7.56. The zero-order valence-corrected chi connectivity index (χ0v) is 52.9. The van der Waals surface area contributed by atoms with Crippen LogP contribution in [0.4, 0.5) is 11.6 Å². The lowest BCUT2D eigenvalue weighted by molar-refractivity contribution is -0.257. The minimum atomic E-state index is -3.80. The van der Waals surface area contributed by atoms with Crippen LogP contribution in [0.15, 0.2) is 112 Å². The summed E-state index contributed by atoms with van der Waals surface area (Å²) in [5, 5.41) is 26.2. The number of nitrogens with one attached hydrogen (secondary N) is 1. The number of benzene rings is 2. The Labute approximate surface area is 520 Å². The number of hydrogen-bond donors (Lipinski definition) is 1. The third-order valence-corrected chi connectivity index (χ3v) is 21.4. The normalized spacial score (nSPS) is 21.4. The topological polar surface area (TPSA) is 289 Å². The maximum atomic E-state index is 13.4. The number of ether oxygens (including phenoxy) is 2. The van der Waals surface area contributed by atoms with E-state index < -0.39 is 20.0 Å². The Morgan fingerprint density at radius 2 is 0.956 bits per heavy atom. The van der Waals surface area contributed by atoms with Gasteiger partial charge < -0.3 is 14.5 Å². The zero-order chi connectivity index (χ0) is 63.2. The molecule has 6 atom stereocenters. The molecule has 14 rings (SSSR count). The van der Waals surface area contributed by atoms with Crippen LogP contribution in [-0.2, 0) is 56.7 Å². The summed E-state index contributed by atoms with van der Waals surface area (Å²) in [6.45, 7) is 14.6. The van der Waals surface area contributed by atoms with Gasteiger partial charge in [-0.3, -0.25) is 18.0 Å².